The number of hydrogen-bond acceptors (Lipinski definition) is 2. The van der Waals surface area contributed by atoms with Crippen molar-refractivity contribution in [2.24, 2.45) is 4.99 Å². The fraction of sp³-hybridized carbons (Fsp3) is 0.167. The molecule has 21 heavy (non-hydrogen) atoms. The van der Waals surface area contributed by atoms with Gasteiger partial charge in [-0.25, -0.2) is 4.39 Å². The van der Waals surface area contributed by atoms with E-state index in [0.717, 1.165) is 29.3 Å². The summed E-state index contributed by atoms with van der Waals surface area (Å²) in [6.07, 6.45) is 0.963. The first-order chi connectivity index (χ1) is 10.3. The molecule has 0 unspecified atom stereocenters. The Bertz CT molecular complexity index is 818. The highest BCUT2D eigenvalue weighted by Gasteiger charge is 2.05. The average Bonchev–Trinajstić information content (AvgIpc) is 2.53. The molecule has 0 amide bonds. The van der Waals surface area contributed by atoms with Crippen molar-refractivity contribution in [3.8, 4) is 11.3 Å². The molecule has 2 aromatic carbocycles. The third-order valence-corrected chi connectivity index (χ3v) is 3.29. The van der Waals surface area contributed by atoms with Gasteiger partial charge < -0.3 is 4.42 Å². The molecule has 0 radical (unpaired) electrons. The molecule has 1 heterocycles. The van der Waals surface area contributed by atoms with E-state index in [-0.39, 0.29) is 5.82 Å². The summed E-state index contributed by atoms with van der Waals surface area (Å²) in [6.45, 7) is 2.80. The third-order valence-electron chi connectivity index (χ3n) is 3.29. The van der Waals surface area contributed by atoms with Gasteiger partial charge >= 0.3 is 0 Å². The molecule has 0 atom stereocenters. The van der Waals surface area contributed by atoms with Crippen LogP contribution in [0.4, 0.5) is 4.39 Å². The smallest absolute Gasteiger partial charge is 0.222 e. The first-order valence-corrected chi connectivity index (χ1v) is 7.07. The second kappa shape index (κ2) is 5.92. The maximum absolute atomic E-state index is 13.1. The summed E-state index contributed by atoms with van der Waals surface area (Å²) >= 11 is 0. The zero-order valence-corrected chi connectivity index (χ0v) is 11.8. The second-order valence-corrected chi connectivity index (χ2v) is 4.89. The molecule has 3 rings (SSSR count). The minimum absolute atomic E-state index is 0.254. The van der Waals surface area contributed by atoms with Crippen LogP contribution in [0.1, 0.15) is 13.3 Å². The van der Waals surface area contributed by atoms with E-state index < -0.39 is 0 Å². The number of rotatable bonds is 3. The maximum atomic E-state index is 13.1. The number of fused-ring (bicyclic) bond motifs is 1. The van der Waals surface area contributed by atoms with Crippen LogP contribution < -0.4 is 5.55 Å². The Morgan fingerprint density at radius 3 is 2.57 bits per heavy atom. The molecule has 3 aromatic rings. The molecule has 0 saturated carbocycles. The Morgan fingerprint density at radius 2 is 1.81 bits per heavy atom. The van der Waals surface area contributed by atoms with Gasteiger partial charge in [0, 0.05) is 17.5 Å². The van der Waals surface area contributed by atoms with Crippen LogP contribution in [0.5, 0.6) is 0 Å². The van der Waals surface area contributed by atoms with Crippen molar-refractivity contribution < 1.29 is 8.81 Å². The summed E-state index contributed by atoms with van der Waals surface area (Å²) in [5.41, 5.74) is 1.48. The number of halogens is 1. The van der Waals surface area contributed by atoms with Crippen molar-refractivity contribution in [2.45, 2.75) is 13.3 Å². The van der Waals surface area contributed by atoms with E-state index in [4.69, 9.17) is 4.42 Å². The molecule has 2 nitrogen and oxygen atoms in total. The van der Waals surface area contributed by atoms with Gasteiger partial charge in [-0.1, -0.05) is 25.1 Å². The standard InChI is InChI=1S/C18H16FNO/c1-2-11-20-18-16-6-4-3-5-14(16)12-17(21-18)13-7-9-15(19)10-8-13/h3-10,12H,2,11H2,1H3. The molecule has 0 saturated heterocycles. The highest BCUT2D eigenvalue weighted by Crippen LogP contribution is 2.22. The van der Waals surface area contributed by atoms with Crippen LogP contribution >= 0.6 is 0 Å². The van der Waals surface area contributed by atoms with Crippen LogP contribution in [-0.2, 0) is 0 Å². The molecule has 0 bridgehead atoms. The molecule has 0 spiro atoms. The number of nitrogens with zero attached hydrogens (tertiary/aromatic N) is 1. The van der Waals surface area contributed by atoms with Crippen molar-refractivity contribution in [1.29, 1.82) is 0 Å². The summed E-state index contributed by atoms with van der Waals surface area (Å²) in [4.78, 5) is 4.52. The SMILES string of the molecule is CCCN=c1oc(-c2ccc(F)cc2)cc2ccccc12. The van der Waals surface area contributed by atoms with Gasteiger partial charge in [0.25, 0.3) is 0 Å². The Morgan fingerprint density at radius 1 is 1.05 bits per heavy atom. The summed E-state index contributed by atoms with van der Waals surface area (Å²) in [7, 11) is 0. The Labute approximate surface area is 122 Å². The molecule has 0 aliphatic carbocycles. The van der Waals surface area contributed by atoms with Crippen LogP contribution in [0.3, 0.4) is 0 Å². The normalized spacial score (nSPS) is 12.0. The predicted molar refractivity (Wildman–Crippen MR) is 82.3 cm³/mol. The van der Waals surface area contributed by atoms with Gasteiger partial charge in [-0.15, -0.1) is 0 Å². The summed E-state index contributed by atoms with van der Waals surface area (Å²) in [5, 5.41) is 2.06. The van der Waals surface area contributed by atoms with Gasteiger partial charge in [-0.2, -0.15) is 0 Å². The predicted octanol–water partition coefficient (Wildman–Crippen LogP) is 4.55. The van der Waals surface area contributed by atoms with Gasteiger partial charge in [-0.3, -0.25) is 4.99 Å². The zero-order valence-electron chi connectivity index (χ0n) is 11.8. The van der Waals surface area contributed by atoms with E-state index >= 15 is 0 Å². The number of benzene rings is 2. The first kappa shape index (κ1) is 13.6. The van der Waals surface area contributed by atoms with E-state index in [2.05, 4.69) is 11.9 Å². The molecule has 106 valence electrons. The van der Waals surface area contributed by atoms with E-state index in [1.54, 1.807) is 12.1 Å². The Balaban J connectivity index is 2.22. The molecule has 0 aliphatic rings. The lowest BCUT2D eigenvalue weighted by molar-refractivity contribution is 0.511. The van der Waals surface area contributed by atoms with Crippen LogP contribution in [0.25, 0.3) is 22.1 Å². The third kappa shape index (κ3) is 2.87. The average molecular weight is 281 g/mol. The molecule has 0 N–H and O–H groups in total. The van der Waals surface area contributed by atoms with Gasteiger partial charge in [0.15, 0.2) is 0 Å². The molecule has 3 heteroatoms. The van der Waals surface area contributed by atoms with E-state index in [0.29, 0.717) is 11.3 Å². The highest BCUT2D eigenvalue weighted by molar-refractivity contribution is 5.83. The molecule has 0 fully saturated rings. The fourth-order valence-electron chi connectivity index (χ4n) is 2.23. The van der Waals surface area contributed by atoms with Gasteiger partial charge in [0.1, 0.15) is 11.6 Å². The highest BCUT2D eigenvalue weighted by atomic mass is 19.1. The minimum Gasteiger partial charge on any atom is -0.438 e. The summed E-state index contributed by atoms with van der Waals surface area (Å²) in [5.74, 6) is 0.444. The van der Waals surface area contributed by atoms with E-state index in [1.807, 2.05) is 30.3 Å². The van der Waals surface area contributed by atoms with Crippen LogP contribution in [0.2, 0.25) is 0 Å². The first-order valence-electron chi connectivity index (χ1n) is 7.07. The van der Waals surface area contributed by atoms with Crippen LogP contribution in [-0.4, -0.2) is 6.54 Å². The van der Waals surface area contributed by atoms with Crippen molar-refractivity contribution in [2.75, 3.05) is 6.54 Å². The molecular weight excluding hydrogens is 265 g/mol. The maximum Gasteiger partial charge on any atom is 0.222 e. The lowest BCUT2D eigenvalue weighted by atomic mass is 10.1. The Hall–Kier alpha value is -2.42. The van der Waals surface area contributed by atoms with Crippen molar-refractivity contribution in [3.05, 3.63) is 66.0 Å². The lowest BCUT2D eigenvalue weighted by Crippen LogP contribution is -2.04. The minimum atomic E-state index is -0.254. The van der Waals surface area contributed by atoms with Crippen LogP contribution in [0.15, 0.2) is 64.0 Å². The molecule has 0 aliphatic heterocycles. The van der Waals surface area contributed by atoms with Crippen molar-refractivity contribution >= 4 is 10.8 Å². The van der Waals surface area contributed by atoms with Crippen molar-refractivity contribution in [3.63, 3.8) is 0 Å². The van der Waals surface area contributed by atoms with Gasteiger partial charge in [-0.05, 0) is 48.2 Å². The quantitative estimate of drug-likeness (QED) is 0.691. The second-order valence-electron chi connectivity index (χ2n) is 4.89. The zero-order chi connectivity index (χ0) is 14.7. The molecule has 1 aromatic heterocycles. The topological polar surface area (TPSA) is 25.5 Å². The molecular formula is C18H16FNO. The van der Waals surface area contributed by atoms with Crippen molar-refractivity contribution in [1.82, 2.24) is 0 Å². The Kier molecular flexibility index (Phi) is 3.82. The fourth-order valence-corrected chi connectivity index (χ4v) is 2.23. The van der Waals surface area contributed by atoms with Crippen LogP contribution in [0, 0.1) is 5.82 Å². The van der Waals surface area contributed by atoms with Gasteiger partial charge in [0.05, 0.1) is 0 Å². The van der Waals surface area contributed by atoms with Gasteiger partial charge in [0.2, 0.25) is 5.55 Å². The largest absolute Gasteiger partial charge is 0.438 e. The lowest BCUT2D eigenvalue weighted by Gasteiger charge is -2.04. The number of hydrogen-bond donors (Lipinski definition) is 0. The monoisotopic (exact) mass is 281 g/mol. The summed E-state index contributed by atoms with van der Waals surface area (Å²) in [6, 6.07) is 16.3. The van der Waals surface area contributed by atoms with E-state index in [1.165, 1.54) is 12.1 Å². The van der Waals surface area contributed by atoms with E-state index in [9.17, 15) is 4.39 Å². The summed E-state index contributed by atoms with van der Waals surface area (Å²) < 4.78 is 19.0.